The number of nitrogens with one attached hydrogen (secondary N) is 1. The molecule has 166 valence electrons. The monoisotopic (exact) mass is 456 g/mol. The first-order chi connectivity index (χ1) is 13.3. The van der Waals surface area contributed by atoms with Gasteiger partial charge < -0.3 is 19.4 Å². The van der Waals surface area contributed by atoms with Gasteiger partial charge >= 0.3 is 21.1 Å². The van der Waals surface area contributed by atoms with Crippen LogP contribution in [-0.2, 0) is 22.9 Å². The average molecular weight is 456 g/mol. The molecule has 12 nitrogen and oxygen atoms in total. The number of H-pyrrole nitrogens is 1. The van der Waals surface area contributed by atoms with Crippen molar-refractivity contribution >= 4 is 15.4 Å². The van der Waals surface area contributed by atoms with Crippen molar-refractivity contribution < 1.29 is 37.6 Å². The van der Waals surface area contributed by atoms with Crippen LogP contribution in [0.3, 0.4) is 0 Å². The molecule has 0 spiro atoms. The Morgan fingerprint density at radius 2 is 1.90 bits per heavy atom. The van der Waals surface area contributed by atoms with Gasteiger partial charge in [0.25, 0.3) is 5.56 Å². The largest absolute Gasteiger partial charge is 0.472 e. The first-order valence-corrected chi connectivity index (χ1v) is 12.2. The van der Waals surface area contributed by atoms with Crippen LogP contribution < -0.4 is 11.2 Å². The summed E-state index contributed by atoms with van der Waals surface area (Å²) in [6.07, 6.45) is -1.67. The maximum Gasteiger partial charge on any atom is 0.472 e. The number of phosphoric ester groups is 1. The maximum absolute atomic E-state index is 12.3. The van der Waals surface area contributed by atoms with E-state index in [-0.39, 0.29) is 12.8 Å². The maximum atomic E-state index is 12.3. The highest BCUT2D eigenvalue weighted by Gasteiger charge is 2.49. The third-order valence-corrected chi connectivity index (χ3v) is 6.62. The zero-order valence-electron chi connectivity index (χ0n) is 16.2. The highest BCUT2D eigenvalue weighted by Crippen LogP contribution is 2.52. The first-order valence-electron chi connectivity index (χ1n) is 8.91. The first kappa shape index (κ1) is 24.2. The van der Waals surface area contributed by atoms with Crippen molar-refractivity contribution in [2.24, 2.45) is 5.92 Å². The standard InChI is InChI=1S/C15H26N2O10P2/c1-9(2)26-29(23,24)27-13-10(5-7-28(20,21)22)8-11(14(13)25-3)17-6-4-12(18)16-15(17)19/h4,6,9-11,13-14H,5,7-8H2,1-3H3,(H,23,24)(H,16,18,19)(H2,20,21,22)/t10-,11+,13+,14-/m0/s1. The fourth-order valence-corrected chi connectivity index (χ4v) is 5.37. The molecule has 1 fully saturated rings. The lowest BCUT2D eigenvalue weighted by Crippen LogP contribution is -2.38. The minimum atomic E-state index is -4.51. The van der Waals surface area contributed by atoms with Crippen LogP contribution in [0.1, 0.15) is 32.7 Å². The Hall–Kier alpha value is -1.10. The van der Waals surface area contributed by atoms with Crippen molar-refractivity contribution in [3.63, 3.8) is 0 Å². The van der Waals surface area contributed by atoms with Crippen molar-refractivity contribution in [3.05, 3.63) is 33.1 Å². The summed E-state index contributed by atoms with van der Waals surface area (Å²) in [4.78, 5) is 54.1. The lowest BCUT2D eigenvalue weighted by atomic mass is 10.0. The Morgan fingerprint density at radius 1 is 1.24 bits per heavy atom. The molecular formula is C15H26N2O10P2. The van der Waals surface area contributed by atoms with Gasteiger partial charge in [-0.05, 0) is 32.6 Å². The second kappa shape index (κ2) is 9.36. The minimum Gasteiger partial charge on any atom is -0.377 e. The molecule has 1 saturated carbocycles. The summed E-state index contributed by atoms with van der Waals surface area (Å²) in [7, 11) is -7.52. The molecule has 0 aromatic carbocycles. The molecule has 1 aliphatic rings. The smallest absolute Gasteiger partial charge is 0.377 e. The molecule has 1 aromatic rings. The van der Waals surface area contributed by atoms with Gasteiger partial charge in [0.2, 0.25) is 0 Å². The summed E-state index contributed by atoms with van der Waals surface area (Å²) >= 11 is 0. The van der Waals surface area contributed by atoms with Gasteiger partial charge in [0, 0.05) is 19.4 Å². The fourth-order valence-electron chi connectivity index (χ4n) is 3.52. The Morgan fingerprint density at radius 3 is 2.41 bits per heavy atom. The number of nitrogens with zero attached hydrogens (tertiary/aromatic N) is 1. The minimum absolute atomic E-state index is 0.0366. The molecule has 0 bridgehead atoms. The number of hydrogen-bond acceptors (Lipinski definition) is 7. The summed E-state index contributed by atoms with van der Waals surface area (Å²) in [5.74, 6) is -0.618. The summed E-state index contributed by atoms with van der Waals surface area (Å²) in [5, 5.41) is 0. The van der Waals surface area contributed by atoms with Gasteiger partial charge in [-0.3, -0.25) is 28.0 Å². The van der Waals surface area contributed by atoms with E-state index in [1.165, 1.54) is 17.9 Å². The Kier molecular flexibility index (Phi) is 7.80. The zero-order valence-corrected chi connectivity index (χ0v) is 18.0. The number of ether oxygens (including phenoxy) is 1. The van der Waals surface area contributed by atoms with E-state index in [0.717, 1.165) is 6.07 Å². The van der Waals surface area contributed by atoms with Crippen molar-refractivity contribution in [1.29, 1.82) is 0 Å². The van der Waals surface area contributed by atoms with E-state index in [1.807, 2.05) is 0 Å². The molecule has 0 amide bonds. The van der Waals surface area contributed by atoms with Crippen LogP contribution in [-0.4, -0.2) is 55.8 Å². The SMILES string of the molecule is CO[C@@H]1[C@H](OP(=O)(O)OC(C)C)[C@@H](CCP(=O)(O)O)C[C@H]1n1ccc(=O)[nH]c1=O. The summed E-state index contributed by atoms with van der Waals surface area (Å²) < 4.78 is 40.5. The molecule has 1 aromatic heterocycles. The van der Waals surface area contributed by atoms with E-state index in [9.17, 15) is 33.4 Å². The molecule has 0 saturated heterocycles. The summed E-state index contributed by atoms with van der Waals surface area (Å²) in [6.45, 7) is 3.09. The number of rotatable bonds is 9. The van der Waals surface area contributed by atoms with Gasteiger partial charge in [-0.1, -0.05) is 0 Å². The van der Waals surface area contributed by atoms with Gasteiger partial charge in [-0.2, -0.15) is 0 Å². The van der Waals surface area contributed by atoms with Gasteiger partial charge in [0.1, 0.15) is 12.2 Å². The molecule has 2 rings (SSSR count). The quantitative estimate of drug-likeness (QED) is 0.385. The van der Waals surface area contributed by atoms with Crippen molar-refractivity contribution in [2.45, 2.75) is 51.0 Å². The van der Waals surface area contributed by atoms with Crippen LogP contribution in [0.25, 0.3) is 0 Å². The molecular weight excluding hydrogens is 430 g/mol. The molecule has 1 unspecified atom stereocenters. The predicted octanol–water partition coefficient (Wildman–Crippen LogP) is 0.591. The highest BCUT2D eigenvalue weighted by molar-refractivity contribution is 7.51. The van der Waals surface area contributed by atoms with Gasteiger partial charge in [0.15, 0.2) is 0 Å². The van der Waals surface area contributed by atoms with Crippen LogP contribution in [0.4, 0.5) is 0 Å². The highest BCUT2D eigenvalue weighted by atomic mass is 31.2. The Bertz CT molecular complexity index is 907. The van der Waals surface area contributed by atoms with Gasteiger partial charge in [0.05, 0.1) is 18.3 Å². The molecule has 4 N–H and O–H groups in total. The van der Waals surface area contributed by atoms with E-state index >= 15 is 0 Å². The molecule has 1 heterocycles. The van der Waals surface area contributed by atoms with E-state index in [1.54, 1.807) is 13.8 Å². The van der Waals surface area contributed by atoms with Crippen LogP contribution >= 0.6 is 15.4 Å². The van der Waals surface area contributed by atoms with Crippen LogP contribution in [0, 0.1) is 5.92 Å². The normalized spacial score (nSPS) is 27.3. The molecule has 0 aliphatic heterocycles. The summed E-state index contributed by atoms with van der Waals surface area (Å²) in [6, 6.07) is 0.446. The van der Waals surface area contributed by atoms with Crippen molar-refractivity contribution in [3.8, 4) is 0 Å². The van der Waals surface area contributed by atoms with E-state index < -0.39 is 63.1 Å². The number of methoxy groups -OCH3 is 1. The van der Waals surface area contributed by atoms with E-state index in [2.05, 4.69) is 4.98 Å². The second-order valence-corrected chi connectivity index (χ2v) is 10.3. The van der Waals surface area contributed by atoms with Gasteiger partial charge in [-0.15, -0.1) is 0 Å². The Balaban J connectivity index is 2.38. The van der Waals surface area contributed by atoms with Gasteiger partial charge in [-0.25, -0.2) is 9.36 Å². The number of phosphoric acid groups is 1. The van der Waals surface area contributed by atoms with Crippen molar-refractivity contribution in [1.82, 2.24) is 9.55 Å². The van der Waals surface area contributed by atoms with Crippen LogP contribution in [0.5, 0.6) is 0 Å². The van der Waals surface area contributed by atoms with E-state index in [4.69, 9.17) is 13.8 Å². The van der Waals surface area contributed by atoms with Crippen LogP contribution in [0.15, 0.2) is 21.9 Å². The average Bonchev–Trinajstić information content (AvgIpc) is 2.87. The lowest BCUT2D eigenvalue weighted by molar-refractivity contribution is -0.0299. The number of aromatic nitrogens is 2. The Labute approximate surface area is 166 Å². The molecule has 1 aliphatic carbocycles. The molecule has 0 radical (unpaired) electrons. The zero-order chi connectivity index (χ0) is 22.0. The number of aromatic amines is 1. The summed E-state index contributed by atoms with van der Waals surface area (Å²) in [5.41, 5.74) is -1.29. The third-order valence-electron chi connectivity index (χ3n) is 4.58. The second-order valence-electron chi connectivity index (χ2n) is 7.15. The molecule has 29 heavy (non-hydrogen) atoms. The lowest BCUT2D eigenvalue weighted by Gasteiger charge is -2.28. The topological polar surface area (TPSA) is 177 Å². The molecule has 5 atom stereocenters. The number of hydrogen-bond donors (Lipinski definition) is 4. The fraction of sp³-hybridized carbons (Fsp3) is 0.733. The third kappa shape index (κ3) is 6.70. The predicted molar refractivity (Wildman–Crippen MR) is 102 cm³/mol. The van der Waals surface area contributed by atoms with E-state index in [0.29, 0.717) is 0 Å². The van der Waals surface area contributed by atoms with Crippen LogP contribution in [0.2, 0.25) is 0 Å². The molecule has 14 heteroatoms. The van der Waals surface area contributed by atoms with Crippen molar-refractivity contribution in [2.75, 3.05) is 13.3 Å².